The van der Waals surface area contributed by atoms with Gasteiger partial charge in [-0.05, 0) is 36.9 Å². The second-order valence-electron chi connectivity index (χ2n) is 6.54. The maximum atomic E-state index is 12.7. The molecule has 4 nitrogen and oxygen atoms in total. The van der Waals surface area contributed by atoms with E-state index in [1.54, 1.807) is 29.2 Å². The lowest BCUT2D eigenvalue weighted by Gasteiger charge is -2.40. The Morgan fingerprint density at radius 1 is 1.26 bits per heavy atom. The number of piperidine rings is 1. The second kappa shape index (κ2) is 7.72. The predicted molar refractivity (Wildman–Crippen MR) is 97.5 cm³/mol. The summed E-state index contributed by atoms with van der Waals surface area (Å²) in [5, 5.41) is 3.81. The van der Waals surface area contributed by atoms with Crippen LogP contribution in [-0.2, 0) is 9.59 Å². The molecule has 2 atom stereocenters. The molecular formula is C19H19F3N2O2S. The number of aryl methyl sites for hydroxylation is 1. The van der Waals surface area contributed by atoms with E-state index in [4.69, 9.17) is 0 Å². The number of alkyl halides is 3. The molecule has 0 spiro atoms. The van der Waals surface area contributed by atoms with Gasteiger partial charge in [-0.15, -0.1) is 11.3 Å². The van der Waals surface area contributed by atoms with Crippen LogP contribution in [0.15, 0.2) is 41.8 Å². The molecule has 2 amide bonds. The van der Waals surface area contributed by atoms with Crippen molar-refractivity contribution in [2.45, 2.75) is 32.0 Å². The van der Waals surface area contributed by atoms with Crippen LogP contribution in [0.25, 0.3) is 0 Å². The first kappa shape index (κ1) is 19.4. The number of carbonyl (C=O) groups is 2. The predicted octanol–water partition coefficient (Wildman–Crippen LogP) is 4.22. The number of carbonyl (C=O) groups excluding carboxylic acids is 2. The van der Waals surface area contributed by atoms with Crippen LogP contribution in [0.2, 0.25) is 0 Å². The van der Waals surface area contributed by atoms with Gasteiger partial charge < -0.3 is 10.2 Å². The Morgan fingerprint density at radius 2 is 1.96 bits per heavy atom. The molecule has 1 aliphatic rings. The molecule has 0 aliphatic carbocycles. The zero-order chi connectivity index (χ0) is 19.6. The molecule has 27 heavy (non-hydrogen) atoms. The largest absolute Gasteiger partial charge is 0.405 e. The van der Waals surface area contributed by atoms with Gasteiger partial charge in [-0.3, -0.25) is 9.59 Å². The lowest BCUT2D eigenvalue weighted by Crippen LogP contribution is -2.49. The average molecular weight is 396 g/mol. The molecule has 1 aromatic carbocycles. The first-order chi connectivity index (χ1) is 12.8. The minimum absolute atomic E-state index is 0.111. The number of hydrogen-bond acceptors (Lipinski definition) is 3. The van der Waals surface area contributed by atoms with Crippen molar-refractivity contribution in [2.75, 3.05) is 11.4 Å². The van der Waals surface area contributed by atoms with E-state index in [-0.39, 0.29) is 18.7 Å². The van der Waals surface area contributed by atoms with Crippen LogP contribution in [0.5, 0.6) is 0 Å². The third-order valence-corrected chi connectivity index (χ3v) is 5.49. The molecule has 1 saturated heterocycles. The van der Waals surface area contributed by atoms with E-state index in [0.717, 1.165) is 10.4 Å². The minimum atomic E-state index is -4.48. The van der Waals surface area contributed by atoms with Gasteiger partial charge in [0.05, 0.1) is 12.0 Å². The molecule has 2 aromatic rings. The van der Waals surface area contributed by atoms with E-state index in [2.05, 4.69) is 0 Å². The molecule has 2 heterocycles. The van der Waals surface area contributed by atoms with Gasteiger partial charge in [-0.2, -0.15) is 13.2 Å². The normalized spacial score (nSPS) is 20.6. The molecule has 1 aliphatic heterocycles. The maximum Gasteiger partial charge on any atom is 0.405 e. The summed E-state index contributed by atoms with van der Waals surface area (Å²) in [6.45, 7) is 0.546. The van der Waals surface area contributed by atoms with Gasteiger partial charge >= 0.3 is 6.18 Å². The van der Waals surface area contributed by atoms with Gasteiger partial charge in [-0.25, -0.2) is 0 Å². The summed E-state index contributed by atoms with van der Waals surface area (Å²) in [5.74, 6) is -1.57. The van der Waals surface area contributed by atoms with E-state index in [9.17, 15) is 22.8 Å². The van der Waals surface area contributed by atoms with Crippen LogP contribution in [0.3, 0.4) is 0 Å². The number of halogens is 3. The van der Waals surface area contributed by atoms with E-state index < -0.39 is 30.6 Å². The number of hydrogen-bond donors (Lipinski definition) is 1. The lowest BCUT2D eigenvalue weighted by molar-refractivity contribution is -0.142. The average Bonchev–Trinajstić information content (AvgIpc) is 3.14. The van der Waals surface area contributed by atoms with Crippen LogP contribution in [0.4, 0.5) is 18.9 Å². The highest BCUT2D eigenvalue weighted by Gasteiger charge is 2.42. The number of nitrogens with zero attached hydrogens (tertiary/aromatic N) is 1. The van der Waals surface area contributed by atoms with Crippen molar-refractivity contribution in [2.24, 2.45) is 5.92 Å². The van der Waals surface area contributed by atoms with Gasteiger partial charge in [0, 0.05) is 17.0 Å². The first-order valence-electron chi connectivity index (χ1n) is 8.53. The Morgan fingerprint density at radius 3 is 2.56 bits per heavy atom. The van der Waals surface area contributed by atoms with Gasteiger partial charge in [0.25, 0.3) is 0 Å². The number of amides is 2. The highest BCUT2D eigenvalue weighted by atomic mass is 32.1. The van der Waals surface area contributed by atoms with Crippen molar-refractivity contribution in [1.82, 2.24) is 5.32 Å². The molecule has 3 rings (SSSR count). The zero-order valence-corrected chi connectivity index (χ0v) is 15.4. The Hall–Kier alpha value is -2.35. The Bertz CT molecular complexity index is 803. The van der Waals surface area contributed by atoms with Crippen LogP contribution < -0.4 is 10.2 Å². The van der Waals surface area contributed by atoms with E-state index >= 15 is 0 Å². The van der Waals surface area contributed by atoms with Crippen LogP contribution >= 0.6 is 11.3 Å². The van der Waals surface area contributed by atoms with Gasteiger partial charge in [0.15, 0.2) is 0 Å². The molecule has 2 unspecified atom stereocenters. The summed E-state index contributed by atoms with van der Waals surface area (Å²) < 4.78 is 37.6. The first-order valence-corrected chi connectivity index (χ1v) is 9.41. The molecule has 1 N–H and O–H groups in total. The quantitative estimate of drug-likeness (QED) is 0.841. The van der Waals surface area contributed by atoms with Crippen LogP contribution in [-0.4, -0.2) is 24.5 Å². The monoisotopic (exact) mass is 396 g/mol. The molecular weight excluding hydrogens is 377 g/mol. The highest BCUT2D eigenvalue weighted by molar-refractivity contribution is 7.10. The van der Waals surface area contributed by atoms with Crippen molar-refractivity contribution in [3.63, 3.8) is 0 Å². The van der Waals surface area contributed by atoms with E-state index in [1.807, 2.05) is 29.8 Å². The topological polar surface area (TPSA) is 49.4 Å². The highest BCUT2D eigenvalue weighted by Crippen LogP contribution is 2.41. The van der Waals surface area contributed by atoms with Crippen LogP contribution in [0.1, 0.15) is 29.3 Å². The van der Waals surface area contributed by atoms with Crippen LogP contribution in [0, 0.1) is 12.8 Å². The Labute approximate surface area is 159 Å². The maximum absolute atomic E-state index is 12.7. The molecule has 0 radical (unpaired) electrons. The number of anilines is 1. The summed E-state index contributed by atoms with van der Waals surface area (Å²) in [7, 11) is 0. The Kier molecular flexibility index (Phi) is 5.55. The van der Waals surface area contributed by atoms with Gasteiger partial charge in [-0.1, -0.05) is 23.8 Å². The number of rotatable bonds is 4. The molecule has 8 heteroatoms. The summed E-state index contributed by atoms with van der Waals surface area (Å²) in [4.78, 5) is 27.6. The molecule has 0 bridgehead atoms. The summed E-state index contributed by atoms with van der Waals surface area (Å²) in [6.07, 6.45) is -4.15. The number of benzene rings is 1. The fourth-order valence-electron chi connectivity index (χ4n) is 3.28. The van der Waals surface area contributed by atoms with E-state index in [0.29, 0.717) is 5.69 Å². The fourth-order valence-corrected chi connectivity index (χ4v) is 4.16. The fraction of sp³-hybridized carbons (Fsp3) is 0.368. The third-order valence-electron chi connectivity index (χ3n) is 4.54. The SMILES string of the molecule is Cc1ccc(N2C(=O)CCC(C(=O)NCC(F)(F)F)C2c2cccs2)cc1. The van der Waals surface area contributed by atoms with Gasteiger partial charge in [0.1, 0.15) is 6.54 Å². The van der Waals surface area contributed by atoms with Gasteiger partial charge in [0.2, 0.25) is 11.8 Å². The third kappa shape index (κ3) is 4.50. The zero-order valence-electron chi connectivity index (χ0n) is 14.6. The summed E-state index contributed by atoms with van der Waals surface area (Å²) in [6, 6.07) is 10.3. The standard InChI is InChI=1S/C19H19F3N2O2S/c1-12-4-6-13(7-5-12)24-16(25)9-8-14(17(24)15-3-2-10-27-15)18(26)23-11-19(20,21)22/h2-7,10,14,17H,8-9,11H2,1H3,(H,23,26). The van der Waals surface area contributed by atoms with Crippen molar-refractivity contribution < 1.29 is 22.8 Å². The molecule has 1 fully saturated rings. The smallest absolute Gasteiger partial charge is 0.347 e. The van der Waals surface area contributed by atoms with Crippen molar-refractivity contribution in [1.29, 1.82) is 0 Å². The summed E-state index contributed by atoms with van der Waals surface area (Å²) in [5.41, 5.74) is 1.66. The van der Waals surface area contributed by atoms with Crippen molar-refractivity contribution >= 4 is 28.8 Å². The van der Waals surface area contributed by atoms with E-state index in [1.165, 1.54) is 11.3 Å². The molecule has 1 aromatic heterocycles. The minimum Gasteiger partial charge on any atom is -0.347 e. The molecule has 0 saturated carbocycles. The summed E-state index contributed by atoms with van der Waals surface area (Å²) >= 11 is 1.38. The lowest BCUT2D eigenvalue weighted by atomic mass is 9.86. The Balaban J connectivity index is 1.95. The number of nitrogens with one attached hydrogen (secondary N) is 1. The van der Waals surface area contributed by atoms with Crippen molar-refractivity contribution in [3.05, 3.63) is 52.2 Å². The van der Waals surface area contributed by atoms with Crippen molar-refractivity contribution in [3.8, 4) is 0 Å². The second-order valence-corrected chi connectivity index (χ2v) is 7.52. The number of thiophene rings is 1. The molecule has 144 valence electrons.